The molecule has 0 amide bonds. The van der Waals surface area contributed by atoms with Gasteiger partial charge in [-0.2, -0.15) is 0 Å². The van der Waals surface area contributed by atoms with Crippen molar-refractivity contribution in [3.63, 3.8) is 0 Å². The van der Waals surface area contributed by atoms with Crippen molar-refractivity contribution in [3.8, 4) is 0 Å². The molecule has 0 spiro atoms. The molecular formula is C15H23BrN2. The number of halogens is 1. The largest absolute Gasteiger partial charge is 0.366 e. The van der Waals surface area contributed by atoms with Gasteiger partial charge in [-0.1, -0.05) is 29.8 Å². The molecule has 1 aromatic carbocycles. The Balaban J connectivity index is 2.22. The van der Waals surface area contributed by atoms with E-state index in [1.165, 1.54) is 18.5 Å². The van der Waals surface area contributed by atoms with E-state index in [-0.39, 0.29) is 5.54 Å². The summed E-state index contributed by atoms with van der Waals surface area (Å²) >= 11 is 3.50. The van der Waals surface area contributed by atoms with Crippen LogP contribution in [0.2, 0.25) is 0 Å². The Morgan fingerprint density at radius 3 is 2.44 bits per heavy atom. The summed E-state index contributed by atoms with van der Waals surface area (Å²) in [5.74, 6) is 0. The predicted molar refractivity (Wildman–Crippen MR) is 82.3 cm³/mol. The standard InChI is InChI=1S/C15H23BrN2/c1-4-15(5-2)11-18(12(3)10-17-15)14-8-6-13(16)7-9-14/h6-9,12,17H,4-5,10-11H2,1-3H3. The molecule has 18 heavy (non-hydrogen) atoms. The molecule has 0 saturated carbocycles. The first-order valence-corrected chi connectivity index (χ1v) is 7.67. The van der Waals surface area contributed by atoms with Gasteiger partial charge in [0.05, 0.1) is 0 Å². The second-order valence-electron chi connectivity index (χ2n) is 5.32. The van der Waals surface area contributed by atoms with Gasteiger partial charge in [-0.3, -0.25) is 0 Å². The number of nitrogens with one attached hydrogen (secondary N) is 1. The van der Waals surface area contributed by atoms with E-state index in [4.69, 9.17) is 0 Å². The summed E-state index contributed by atoms with van der Waals surface area (Å²) in [7, 11) is 0. The molecule has 2 rings (SSSR count). The molecular weight excluding hydrogens is 288 g/mol. The van der Waals surface area contributed by atoms with E-state index in [0.29, 0.717) is 6.04 Å². The first kappa shape index (κ1) is 13.9. The van der Waals surface area contributed by atoms with Crippen LogP contribution in [0.15, 0.2) is 28.7 Å². The van der Waals surface area contributed by atoms with E-state index in [1.54, 1.807) is 0 Å². The third-order valence-corrected chi connectivity index (χ3v) is 4.82. The second-order valence-corrected chi connectivity index (χ2v) is 6.24. The lowest BCUT2D eigenvalue weighted by atomic mass is 9.88. The molecule has 1 aliphatic rings. The summed E-state index contributed by atoms with van der Waals surface area (Å²) in [6.45, 7) is 9.03. The van der Waals surface area contributed by atoms with Gasteiger partial charge in [0.15, 0.2) is 0 Å². The third kappa shape index (κ3) is 2.72. The molecule has 0 bridgehead atoms. The summed E-state index contributed by atoms with van der Waals surface area (Å²) in [5.41, 5.74) is 1.61. The zero-order valence-corrected chi connectivity index (χ0v) is 13.1. The number of anilines is 1. The van der Waals surface area contributed by atoms with Crippen molar-refractivity contribution in [2.75, 3.05) is 18.0 Å². The lowest BCUT2D eigenvalue weighted by molar-refractivity contribution is 0.254. The molecule has 1 fully saturated rings. The van der Waals surface area contributed by atoms with Gasteiger partial charge in [0.2, 0.25) is 0 Å². The van der Waals surface area contributed by atoms with E-state index < -0.39 is 0 Å². The number of benzene rings is 1. The average Bonchev–Trinajstić information content (AvgIpc) is 2.41. The van der Waals surface area contributed by atoms with Gasteiger partial charge < -0.3 is 10.2 Å². The van der Waals surface area contributed by atoms with Crippen LogP contribution >= 0.6 is 15.9 Å². The Hall–Kier alpha value is -0.540. The summed E-state index contributed by atoms with van der Waals surface area (Å²) in [6, 6.07) is 9.23. The molecule has 1 saturated heterocycles. The topological polar surface area (TPSA) is 15.3 Å². The number of hydrogen-bond donors (Lipinski definition) is 1. The fourth-order valence-electron chi connectivity index (χ4n) is 2.71. The van der Waals surface area contributed by atoms with Crippen LogP contribution in [0, 0.1) is 0 Å². The summed E-state index contributed by atoms with van der Waals surface area (Å²) < 4.78 is 1.14. The Labute approximate surface area is 119 Å². The predicted octanol–water partition coefficient (Wildman–Crippen LogP) is 3.81. The molecule has 3 heteroatoms. The lowest BCUT2D eigenvalue weighted by Gasteiger charge is -2.47. The van der Waals surface area contributed by atoms with Crippen LogP contribution < -0.4 is 10.2 Å². The molecule has 2 nitrogen and oxygen atoms in total. The fourth-order valence-corrected chi connectivity index (χ4v) is 2.98. The highest BCUT2D eigenvalue weighted by atomic mass is 79.9. The fraction of sp³-hybridized carbons (Fsp3) is 0.600. The first-order chi connectivity index (χ1) is 8.60. The van der Waals surface area contributed by atoms with Gasteiger partial charge in [-0.25, -0.2) is 0 Å². The van der Waals surface area contributed by atoms with Gasteiger partial charge in [0.25, 0.3) is 0 Å². The molecule has 1 atom stereocenters. The van der Waals surface area contributed by atoms with Gasteiger partial charge >= 0.3 is 0 Å². The van der Waals surface area contributed by atoms with Crippen LogP contribution in [0.4, 0.5) is 5.69 Å². The highest BCUT2D eigenvalue weighted by molar-refractivity contribution is 9.10. The highest BCUT2D eigenvalue weighted by Gasteiger charge is 2.34. The maximum atomic E-state index is 3.74. The van der Waals surface area contributed by atoms with Crippen molar-refractivity contribution >= 4 is 21.6 Å². The zero-order valence-electron chi connectivity index (χ0n) is 11.5. The molecule has 1 aliphatic heterocycles. The van der Waals surface area contributed by atoms with Crippen molar-refractivity contribution in [3.05, 3.63) is 28.7 Å². The molecule has 1 unspecified atom stereocenters. The molecule has 1 N–H and O–H groups in total. The normalized spacial score (nSPS) is 23.1. The Kier molecular flexibility index (Phi) is 4.33. The summed E-state index contributed by atoms with van der Waals surface area (Å²) in [4.78, 5) is 2.54. The minimum absolute atomic E-state index is 0.277. The van der Waals surface area contributed by atoms with Crippen LogP contribution in [0.5, 0.6) is 0 Å². The van der Waals surface area contributed by atoms with Crippen LogP contribution in [-0.2, 0) is 0 Å². The van der Waals surface area contributed by atoms with Gasteiger partial charge in [-0.15, -0.1) is 0 Å². The number of nitrogens with zero attached hydrogens (tertiary/aromatic N) is 1. The van der Waals surface area contributed by atoms with Crippen LogP contribution in [0.25, 0.3) is 0 Å². The molecule has 0 aromatic heterocycles. The zero-order chi connectivity index (χ0) is 13.2. The molecule has 1 aromatic rings. The quantitative estimate of drug-likeness (QED) is 0.913. The van der Waals surface area contributed by atoms with Gasteiger partial charge in [-0.05, 0) is 44.0 Å². The average molecular weight is 311 g/mol. The van der Waals surface area contributed by atoms with E-state index >= 15 is 0 Å². The van der Waals surface area contributed by atoms with Gasteiger partial charge in [0.1, 0.15) is 0 Å². The molecule has 100 valence electrons. The summed E-state index contributed by atoms with van der Waals surface area (Å²) in [5, 5.41) is 3.74. The number of piperazine rings is 1. The van der Waals surface area contributed by atoms with Crippen LogP contribution in [0.1, 0.15) is 33.6 Å². The maximum Gasteiger partial charge on any atom is 0.0387 e. The SMILES string of the molecule is CCC1(CC)CN(c2ccc(Br)cc2)C(C)CN1. The smallest absolute Gasteiger partial charge is 0.0387 e. The van der Waals surface area contributed by atoms with Crippen molar-refractivity contribution in [2.45, 2.75) is 45.2 Å². The van der Waals surface area contributed by atoms with Gasteiger partial charge in [0, 0.05) is 34.8 Å². The lowest BCUT2D eigenvalue weighted by Crippen LogP contribution is -2.63. The molecule has 1 heterocycles. The number of rotatable bonds is 3. The van der Waals surface area contributed by atoms with E-state index in [1.807, 2.05) is 0 Å². The van der Waals surface area contributed by atoms with Crippen LogP contribution in [0.3, 0.4) is 0 Å². The highest BCUT2D eigenvalue weighted by Crippen LogP contribution is 2.28. The first-order valence-electron chi connectivity index (χ1n) is 6.87. The van der Waals surface area contributed by atoms with Crippen molar-refractivity contribution < 1.29 is 0 Å². The molecule has 0 radical (unpaired) electrons. The Morgan fingerprint density at radius 1 is 1.28 bits per heavy atom. The molecule has 0 aliphatic carbocycles. The summed E-state index contributed by atoms with van der Waals surface area (Å²) in [6.07, 6.45) is 2.37. The Bertz CT molecular complexity index is 384. The monoisotopic (exact) mass is 310 g/mol. The van der Waals surface area contributed by atoms with E-state index in [9.17, 15) is 0 Å². The number of hydrogen-bond acceptors (Lipinski definition) is 2. The minimum Gasteiger partial charge on any atom is -0.366 e. The van der Waals surface area contributed by atoms with Crippen molar-refractivity contribution in [2.24, 2.45) is 0 Å². The maximum absolute atomic E-state index is 3.74. The van der Waals surface area contributed by atoms with E-state index in [0.717, 1.165) is 17.6 Å². The Morgan fingerprint density at radius 2 is 1.89 bits per heavy atom. The van der Waals surface area contributed by atoms with Crippen LogP contribution in [-0.4, -0.2) is 24.7 Å². The van der Waals surface area contributed by atoms with E-state index in [2.05, 4.69) is 71.2 Å². The minimum atomic E-state index is 0.277. The second kappa shape index (κ2) is 5.62. The van der Waals surface area contributed by atoms with Crippen molar-refractivity contribution in [1.82, 2.24) is 5.32 Å². The van der Waals surface area contributed by atoms with Crippen molar-refractivity contribution in [1.29, 1.82) is 0 Å². The third-order valence-electron chi connectivity index (χ3n) is 4.29.